The van der Waals surface area contributed by atoms with Crippen LogP contribution in [0.3, 0.4) is 0 Å². The minimum atomic E-state index is -2.28. The van der Waals surface area contributed by atoms with Gasteiger partial charge in [-0.25, -0.2) is 0 Å². The van der Waals surface area contributed by atoms with Crippen molar-refractivity contribution in [2.75, 3.05) is 18.9 Å². The second-order valence-electron chi connectivity index (χ2n) is 7.99. The first-order valence-electron chi connectivity index (χ1n) is 8.90. The Bertz CT molecular complexity index is 506. The van der Waals surface area contributed by atoms with Crippen molar-refractivity contribution in [1.82, 2.24) is 0 Å². The summed E-state index contributed by atoms with van der Waals surface area (Å²) in [6.45, 7) is 14.2. The average Bonchev–Trinajstić information content (AvgIpc) is 2.49. The Balaban J connectivity index is 2.65. The van der Waals surface area contributed by atoms with E-state index >= 15 is 0 Å². The number of benzene rings is 1. The molecule has 0 saturated heterocycles. The Labute approximate surface area is 144 Å². The van der Waals surface area contributed by atoms with E-state index in [1.54, 1.807) is 0 Å². The molecule has 4 heteroatoms. The van der Waals surface area contributed by atoms with Crippen molar-refractivity contribution in [2.24, 2.45) is 0 Å². The topological polar surface area (TPSA) is 26.3 Å². The molecule has 0 radical (unpaired) electrons. The van der Waals surface area contributed by atoms with Gasteiger partial charge >= 0.3 is 0 Å². The minimum absolute atomic E-state index is 0.234. The lowest BCUT2D eigenvalue weighted by molar-refractivity contribution is 0.288. The third kappa shape index (κ3) is 6.21. The summed E-state index contributed by atoms with van der Waals surface area (Å²) in [6, 6.07) is 10.1. The van der Waals surface area contributed by atoms with E-state index in [1.165, 1.54) is 0 Å². The summed E-state index contributed by atoms with van der Waals surface area (Å²) in [7, 11) is -3.97. The van der Waals surface area contributed by atoms with Crippen molar-refractivity contribution < 1.29 is 8.99 Å². The van der Waals surface area contributed by atoms with Crippen LogP contribution in [-0.2, 0) is 8.99 Å². The maximum Gasteiger partial charge on any atom is 0.191 e. The molecular weight excluding hydrogens is 319 g/mol. The molecule has 0 aliphatic rings. The van der Waals surface area contributed by atoms with Crippen LogP contribution < -0.4 is 5.30 Å². The standard InChI is InChI=1S/C19H35O2PSi/c1-7-8-16-22(20,18-13-10-9-11-14-18)17-12-15-21-23(5,6)19(2,3)4/h9-11,13-14H,7-8,12,15-17H2,1-6H3. The molecule has 1 atom stereocenters. The minimum Gasteiger partial charge on any atom is -0.417 e. The first-order chi connectivity index (χ1) is 10.6. The zero-order chi connectivity index (χ0) is 17.6. The van der Waals surface area contributed by atoms with Gasteiger partial charge in [-0.1, -0.05) is 64.4 Å². The molecule has 0 aromatic heterocycles. The summed E-state index contributed by atoms with van der Waals surface area (Å²) in [5, 5.41) is 1.28. The van der Waals surface area contributed by atoms with Gasteiger partial charge in [0.15, 0.2) is 8.32 Å². The van der Waals surface area contributed by atoms with Crippen LogP contribution in [0.15, 0.2) is 30.3 Å². The number of hydrogen-bond donors (Lipinski definition) is 0. The summed E-state index contributed by atoms with van der Waals surface area (Å²) in [5.41, 5.74) is 0. The third-order valence-electron chi connectivity index (χ3n) is 5.03. The maximum atomic E-state index is 13.5. The largest absolute Gasteiger partial charge is 0.417 e. The second-order valence-corrected chi connectivity index (χ2v) is 16.0. The van der Waals surface area contributed by atoms with Gasteiger partial charge < -0.3 is 8.99 Å². The quantitative estimate of drug-likeness (QED) is 0.314. The van der Waals surface area contributed by atoms with Gasteiger partial charge in [0.1, 0.15) is 7.14 Å². The molecule has 0 saturated carbocycles. The first kappa shape index (κ1) is 20.7. The lowest BCUT2D eigenvalue weighted by Gasteiger charge is -2.36. The zero-order valence-corrected chi connectivity index (χ0v) is 17.8. The van der Waals surface area contributed by atoms with Crippen molar-refractivity contribution in [2.45, 2.75) is 65.1 Å². The molecule has 0 heterocycles. The van der Waals surface area contributed by atoms with E-state index in [0.29, 0.717) is 0 Å². The molecule has 1 aromatic rings. The van der Waals surface area contributed by atoms with Crippen molar-refractivity contribution in [3.05, 3.63) is 30.3 Å². The molecule has 0 aliphatic carbocycles. The lowest BCUT2D eigenvalue weighted by atomic mass is 10.2. The fourth-order valence-corrected chi connectivity index (χ4v) is 6.36. The third-order valence-corrected chi connectivity index (χ3v) is 12.9. The van der Waals surface area contributed by atoms with Crippen molar-refractivity contribution in [3.8, 4) is 0 Å². The fraction of sp³-hybridized carbons (Fsp3) is 0.684. The number of rotatable bonds is 9. The fourth-order valence-electron chi connectivity index (χ4n) is 2.35. The van der Waals surface area contributed by atoms with E-state index in [4.69, 9.17) is 4.43 Å². The van der Waals surface area contributed by atoms with Crippen LogP contribution in [-0.4, -0.2) is 27.2 Å². The van der Waals surface area contributed by atoms with Crippen LogP contribution in [0.5, 0.6) is 0 Å². The summed E-state index contributed by atoms with van der Waals surface area (Å²) in [6.07, 6.45) is 4.62. The smallest absolute Gasteiger partial charge is 0.191 e. The van der Waals surface area contributed by atoms with E-state index in [-0.39, 0.29) is 5.04 Å². The average molecular weight is 355 g/mol. The maximum absolute atomic E-state index is 13.5. The van der Waals surface area contributed by atoms with Crippen LogP contribution in [0, 0.1) is 0 Å². The molecule has 1 rings (SSSR count). The van der Waals surface area contributed by atoms with Gasteiger partial charge in [-0.2, -0.15) is 0 Å². The molecule has 0 aliphatic heterocycles. The molecule has 0 N–H and O–H groups in total. The zero-order valence-electron chi connectivity index (χ0n) is 15.9. The normalized spacial score (nSPS) is 15.4. The van der Waals surface area contributed by atoms with Crippen LogP contribution in [0.25, 0.3) is 0 Å². The van der Waals surface area contributed by atoms with E-state index in [1.807, 2.05) is 30.3 Å². The van der Waals surface area contributed by atoms with Gasteiger partial charge in [-0.05, 0) is 31.0 Å². The summed E-state index contributed by atoms with van der Waals surface area (Å²) in [5.74, 6) is 0. The first-order valence-corrected chi connectivity index (χ1v) is 13.9. The van der Waals surface area contributed by atoms with E-state index in [2.05, 4.69) is 40.8 Å². The molecule has 1 aromatic carbocycles. The van der Waals surface area contributed by atoms with Gasteiger partial charge in [0.05, 0.1) is 0 Å². The van der Waals surface area contributed by atoms with E-state index in [0.717, 1.165) is 43.5 Å². The Morgan fingerprint density at radius 1 is 1.04 bits per heavy atom. The molecule has 2 nitrogen and oxygen atoms in total. The molecule has 1 unspecified atom stereocenters. The van der Waals surface area contributed by atoms with Crippen molar-refractivity contribution in [3.63, 3.8) is 0 Å². The molecule has 0 amide bonds. The highest BCUT2D eigenvalue weighted by atomic mass is 31.2. The molecule has 0 bridgehead atoms. The van der Waals surface area contributed by atoms with Gasteiger partial charge in [0, 0.05) is 24.2 Å². The highest BCUT2D eigenvalue weighted by molar-refractivity contribution is 7.71. The SMILES string of the molecule is CCCCP(=O)(CCCO[Si](C)(C)C(C)(C)C)c1ccccc1. The highest BCUT2D eigenvalue weighted by Crippen LogP contribution is 2.46. The number of unbranched alkanes of at least 4 members (excludes halogenated alkanes) is 1. The van der Waals surface area contributed by atoms with E-state index < -0.39 is 15.5 Å². The van der Waals surface area contributed by atoms with Gasteiger partial charge in [-0.15, -0.1) is 0 Å². The Kier molecular flexibility index (Phi) is 7.77. The Hall–Kier alpha value is -0.373. The predicted molar refractivity (Wildman–Crippen MR) is 106 cm³/mol. The molecule has 0 fully saturated rings. The van der Waals surface area contributed by atoms with E-state index in [9.17, 15) is 4.57 Å². The Morgan fingerprint density at radius 3 is 2.13 bits per heavy atom. The predicted octanol–water partition coefficient (Wildman–Crippen LogP) is 5.89. The summed E-state index contributed by atoms with van der Waals surface area (Å²) < 4.78 is 19.7. The molecular formula is C19H35O2PSi. The lowest BCUT2D eigenvalue weighted by Crippen LogP contribution is -2.41. The highest BCUT2D eigenvalue weighted by Gasteiger charge is 2.37. The summed E-state index contributed by atoms with van der Waals surface area (Å²) in [4.78, 5) is 0. The van der Waals surface area contributed by atoms with Gasteiger partial charge in [-0.3, -0.25) is 0 Å². The van der Waals surface area contributed by atoms with Crippen LogP contribution in [0.1, 0.15) is 47.0 Å². The Morgan fingerprint density at radius 2 is 1.61 bits per heavy atom. The molecule has 132 valence electrons. The number of hydrogen-bond acceptors (Lipinski definition) is 2. The van der Waals surface area contributed by atoms with Crippen LogP contribution in [0.4, 0.5) is 0 Å². The van der Waals surface area contributed by atoms with Gasteiger partial charge in [0.25, 0.3) is 0 Å². The molecule has 0 spiro atoms. The van der Waals surface area contributed by atoms with Gasteiger partial charge in [0.2, 0.25) is 0 Å². The summed E-state index contributed by atoms with van der Waals surface area (Å²) >= 11 is 0. The van der Waals surface area contributed by atoms with Crippen LogP contribution >= 0.6 is 7.14 Å². The van der Waals surface area contributed by atoms with Crippen molar-refractivity contribution in [1.29, 1.82) is 0 Å². The second kappa shape index (κ2) is 8.64. The molecule has 23 heavy (non-hydrogen) atoms. The van der Waals surface area contributed by atoms with Crippen molar-refractivity contribution >= 4 is 20.8 Å². The monoisotopic (exact) mass is 354 g/mol. The van der Waals surface area contributed by atoms with Crippen LogP contribution in [0.2, 0.25) is 18.1 Å².